The van der Waals surface area contributed by atoms with Crippen LogP contribution in [0.25, 0.3) is 0 Å². The second-order valence-corrected chi connectivity index (χ2v) is 6.75. The summed E-state index contributed by atoms with van der Waals surface area (Å²) in [4.78, 5) is 15.1. The number of carbonyl (C=O) groups excluding carboxylic acids is 1. The number of thioether (sulfide) groups is 1. The van der Waals surface area contributed by atoms with Gasteiger partial charge >= 0.3 is 6.03 Å². The van der Waals surface area contributed by atoms with Crippen molar-refractivity contribution in [2.45, 2.75) is 43.7 Å². The van der Waals surface area contributed by atoms with Crippen LogP contribution < -0.4 is 5.32 Å². The van der Waals surface area contributed by atoms with E-state index in [1.54, 1.807) is 4.90 Å². The van der Waals surface area contributed by atoms with Gasteiger partial charge in [0.25, 0.3) is 0 Å². The number of likely N-dealkylation sites (tertiary alicyclic amines) is 1. The molecule has 5 heteroatoms. The van der Waals surface area contributed by atoms with E-state index in [2.05, 4.69) is 36.5 Å². The van der Waals surface area contributed by atoms with Gasteiger partial charge in [0.05, 0.1) is 12.1 Å². The van der Waals surface area contributed by atoms with Crippen LogP contribution in [0, 0.1) is 0 Å². The predicted octanol–water partition coefficient (Wildman–Crippen LogP) is 3.03. The first-order valence-electron chi connectivity index (χ1n) is 7.56. The van der Waals surface area contributed by atoms with Crippen molar-refractivity contribution in [1.82, 2.24) is 10.2 Å². The molecular formula is C16H24N2O2S. The van der Waals surface area contributed by atoms with Gasteiger partial charge in [0.2, 0.25) is 0 Å². The Balaban J connectivity index is 1.90. The van der Waals surface area contributed by atoms with E-state index in [0.717, 1.165) is 30.7 Å². The van der Waals surface area contributed by atoms with E-state index in [0.29, 0.717) is 6.54 Å². The summed E-state index contributed by atoms with van der Waals surface area (Å²) in [6.07, 6.45) is 1.27. The molecule has 0 aliphatic carbocycles. The Bertz CT molecular complexity index is 464. The SMILES string of the molecule is CCSc1ccc([C@H](C)NC(=O)N2CCC[C@@H](O)C2)cc1. The summed E-state index contributed by atoms with van der Waals surface area (Å²) in [5.74, 6) is 1.06. The zero-order chi connectivity index (χ0) is 15.2. The molecule has 0 saturated carbocycles. The van der Waals surface area contributed by atoms with Crippen LogP contribution in [-0.2, 0) is 0 Å². The number of nitrogens with one attached hydrogen (secondary N) is 1. The van der Waals surface area contributed by atoms with Gasteiger partial charge in [-0.15, -0.1) is 11.8 Å². The minimum atomic E-state index is -0.384. The first-order valence-corrected chi connectivity index (χ1v) is 8.55. The van der Waals surface area contributed by atoms with Gasteiger partial charge in [0, 0.05) is 18.0 Å². The van der Waals surface area contributed by atoms with Crippen LogP contribution in [0.3, 0.4) is 0 Å². The molecule has 1 aliphatic heterocycles. The van der Waals surface area contributed by atoms with E-state index < -0.39 is 0 Å². The van der Waals surface area contributed by atoms with E-state index >= 15 is 0 Å². The van der Waals surface area contributed by atoms with Gasteiger partial charge in [0.15, 0.2) is 0 Å². The van der Waals surface area contributed by atoms with Crippen molar-refractivity contribution >= 4 is 17.8 Å². The van der Waals surface area contributed by atoms with E-state index in [1.807, 2.05) is 18.7 Å². The third-order valence-corrected chi connectivity index (χ3v) is 4.61. The van der Waals surface area contributed by atoms with Crippen LogP contribution in [0.1, 0.15) is 38.3 Å². The Labute approximate surface area is 130 Å². The molecule has 1 heterocycles. The molecule has 116 valence electrons. The summed E-state index contributed by atoms with van der Waals surface area (Å²) >= 11 is 1.81. The zero-order valence-electron chi connectivity index (χ0n) is 12.7. The highest BCUT2D eigenvalue weighted by Crippen LogP contribution is 2.21. The molecule has 2 atom stereocenters. The molecule has 1 aromatic carbocycles. The standard InChI is InChI=1S/C16H24N2O2S/c1-3-21-15-8-6-13(7-9-15)12(2)17-16(20)18-10-4-5-14(19)11-18/h6-9,12,14,19H,3-5,10-11H2,1-2H3,(H,17,20)/t12-,14+/m0/s1. The van der Waals surface area contributed by atoms with Crippen molar-refractivity contribution < 1.29 is 9.90 Å². The molecule has 2 N–H and O–H groups in total. The molecule has 1 aliphatic rings. The lowest BCUT2D eigenvalue weighted by Gasteiger charge is -2.31. The highest BCUT2D eigenvalue weighted by Gasteiger charge is 2.23. The van der Waals surface area contributed by atoms with Gasteiger partial charge in [-0.25, -0.2) is 4.79 Å². The Hall–Kier alpha value is -1.20. The molecule has 0 unspecified atom stereocenters. The highest BCUT2D eigenvalue weighted by atomic mass is 32.2. The Morgan fingerprint density at radius 1 is 1.48 bits per heavy atom. The fraction of sp³-hybridized carbons (Fsp3) is 0.562. The second kappa shape index (κ2) is 7.71. The maximum atomic E-state index is 12.2. The fourth-order valence-electron chi connectivity index (χ4n) is 2.52. The number of rotatable bonds is 4. The molecule has 1 aromatic rings. The molecular weight excluding hydrogens is 284 g/mol. The average Bonchev–Trinajstić information content (AvgIpc) is 2.48. The number of hydrogen-bond acceptors (Lipinski definition) is 3. The average molecular weight is 308 g/mol. The normalized spacial score (nSPS) is 20.1. The van der Waals surface area contributed by atoms with Gasteiger partial charge in [-0.05, 0) is 43.2 Å². The molecule has 21 heavy (non-hydrogen) atoms. The maximum Gasteiger partial charge on any atom is 0.317 e. The minimum absolute atomic E-state index is 0.0303. The Morgan fingerprint density at radius 2 is 2.19 bits per heavy atom. The number of urea groups is 1. The van der Waals surface area contributed by atoms with Crippen LogP contribution in [0.4, 0.5) is 4.79 Å². The number of β-amino-alcohol motifs (C(OH)–C–C–N with tert-alkyl or cyclic N) is 1. The van der Waals surface area contributed by atoms with E-state index in [4.69, 9.17) is 0 Å². The highest BCUT2D eigenvalue weighted by molar-refractivity contribution is 7.99. The number of amides is 2. The molecule has 2 amide bonds. The predicted molar refractivity (Wildman–Crippen MR) is 86.6 cm³/mol. The molecule has 0 aromatic heterocycles. The van der Waals surface area contributed by atoms with E-state index in [9.17, 15) is 9.90 Å². The third-order valence-electron chi connectivity index (χ3n) is 3.71. The Kier molecular flexibility index (Phi) is 5.94. The van der Waals surface area contributed by atoms with Crippen molar-refractivity contribution in [2.75, 3.05) is 18.8 Å². The number of nitrogens with zero attached hydrogens (tertiary/aromatic N) is 1. The molecule has 0 radical (unpaired) electrons. The minimum Gasteiger partial charge on any atom is -0.391 e. The van der Waals surface area contributed by atoms with Gasteiger partial charge in [0.1, 0.15) is 0 Å². The van der Waals surface area contributed by atoms with Gasteiger partial charge in [-0.1, -0.05) is 19.1 Å². The lowest BCUT2D eigenvalue weighted by atomic mass is 10.1. The zero-order valence-corrected chi connectivity index (χ0v) is 13.5. The van der Waals surface area contributed by atoms with Gasteiger partial charge < -0.3 is 15.3 Å². The number of aliphatic hydroxyl groups excluding tert-OH is 1. The summed E-state index contributed by atoms with van der Waals surface area (Å²) < 4.78 is 0. The summed E-state index contributed by atoms with van der Waals surface area (Å²) in [6, 6.07) is 8.20. The summed E-state index contributed by atoms with van der Waals surface area (Å²) in [7, 11) is 0. The first kappa shape index (κ1) is 16.2. The topological polar surface area (TPSA) is 52.6 Å². The van der Waals surface area contributed by atoms with Crippen LogP contribution in [0.5, 0.6) is 0 Å². The van der Waals surface area contributed by atoms with Crippen molar-refractivity contribution in [3.63, 3.8) is 0 Å². The quantitative estimate of drug-likeness (QED) is 0.841. The first-order chi connectivity index (χ1) is 10.1. The lowest BCUT2D eigenvalue weighted by Crippen LogP contribution is -2.47. The number of carbonyl (C=O) groups is 1. The summed E-state index contributed by atoms with van der Waals surface area (Å²) in [6.45, 7) is 5.28. The second-order valence-electron chi connectivity index (χ2n) is 5.42. The Morgan fingerprint density at radius 3 is 2.81 bits per heavy atom. The fourth-order valence-corrected chi connectivity index (χ4v) is 3.18. The van der Waals surface area contributed by atoms with E-state index in [1.165, 1.54) is 4.90 Å². The van der Waals surface area contributed by atoms with Crippen molar-refractivity contribution in [3.8, 4) is 0 Å². The number of hydrogen-bond donors (Lipinski definition) is 2. The lowest BCUT2D eigenvalue weighted by molar-refractivity contribution is 0.0835. The summed E-state index contributed by atoms with van der Waals surface area (Å²) in [5, 5.41) is 12.6. The van der Waals surface area contributed by atoms with Crippen LogP contribution in [-0.4, -0.2) is 41.0 Å². The number of aliphatic hydroxyl groups is 1. The molecule has 0 spiro atoms. The van der Waals surface area contributed by atoms with Crippen molar-refractivity contribution in [3.05, 3.63) is 29.8 Å². The maximum absolute atomic E-state index is 12.2. The number of piperidine rings is 1. The van der Waals surface area contributed by atoms with Crippen LogP contribution in [0.2, 0.25) is 0 Å². The van der Waals surface area contributed by atoms with E-state index in [-0.39, 0.29) is 18.2 Å². The van der Waals surface area contributed by atoms with Crippen molar-refractivity contribution in [1.29, 1.82) is 0 Å². The van der Waals surface area contributed by atoms with Crippen LogP contribution in [0.15, 0.2) is 29.2 Å². The molecule has 4 nitrogen and oxygen atoms in total. The molecule has 1 fully saturated rings. The largest absolute Gasteiger partial charge is 0.391 e. The monoisotopic (exact) mass is 308 g/mol. The molecule has 2 rings (SSSR count). The summed E-state index contributed by atoms with van der Waals surface area (Å²) in [5.41, 5.74) is 1.10. The number of benzene rings is 1. The molecule has 0 bridgehead atoms. The van der Waals surface area contributed by atoms with Gasteiger partial charge in [-0.3, -0.25) is 0 Å². The third kappa shape index (κ3) is 4.64. The van der Waals surface area contributed by atoms with Gasteiger partial charge in [-0.2, -0.15) is 0 Å². The molecule has 1 saturated heterocycles. The smallest absolute Gasteiger partial charge is 0.317 e. The van der Waals surface area contributed by atoms with Crippen LogP contribution >= 0.6 is 11.8 Å². The van der Waals surface area contributed by atoms with Crippen molar-refractivity contribution in [2.24, 2.45) is 0 Å².